The number of carbonyl (C=O) groups excluding carboxylic acids is 1. The number of aliphatic hydroxyl groups excluding tert-OH is 1. The lowest BCUT2D eigenvalue weighted by Gasteiger charge is -2.31. The number of anilines is 2. The van der Waals surface area contributed by atoms with Gasteiger partial charge in [-0.2, -0.15) is 13.5 Å². The molecule has 1 aliphatic carbocycles. The zero-order valence-corrected chi connectivity index (χ0v) is 26.0. The van der Waals surface area contributed by atoms with Crippen LogP contribution in [0, 0.1) is 6.92 Å². The Kier molecular flexibility index (Phi) is 10.5. The fraction of sp³-hybridized carbons (Fsp3) is 0.531. The van der Waals surface area contributed by atoms with Crippen molar-refractivity contribution in [3.05, 3.63) is 64.9 Å². The molecule has 2 aromatic heterocycles. The number of benzene rings is 1. The predicted molar refractivity (Wildman–Crippen MR) is 171 cm³/mol. The molecule has 2 aliphatic heterocycles. The number of oxazole rings is 1. The van der Waals surface area contributed by atoms with Gasteiger partial charge in [-0.25, -0.2) is 9.97 Å². The number of carbonyl (C=O) groups is 1. The lowest BCUT2D eigenvalue weighted by Crippen LogP contribution is -2.42. The van der Waals surface area contributed by atoms with Crippen LogP contribution in [0.5, 0.6) is 5.75 Å². The second-order valence-electron chi connectivity index (χ2n) is 11.8. The van der Waals surface area contributed by atoms with E-state index in [-0.39, 0.29) is 25.9 Å². The van der Waals surface area contributed by atoms with Crippen LogP contribution in [0.3, 0.4) is 0 Å². The molecule has 2 fully saturated rings. The number of hydrogen-bond donors (Lipinski definition) is 3. The Labute approximate surface area is 260 Å². The maximum atomic E-state index is 13.2. The second kappa shape index (κ2) is 14.5. The number of nitrogens with one attached hydrogen (secondary N) is 2. The maximum absolute atomic E-state index is 13.2. The Hall–Kier alpha value is -3.28. The molecule has 4 heterocycles. The minimum Gasteiger partial charge on any atom is -0.486 e. The SMILES string of the molecule is Cc1ncoc1COc1ccc2c(c1)CCN(C[C@@H](O)CNC(=O)c1cc(NC3CCC3)nc(N3CCCCC3)c1)C2.S. The Morgan fingerprint density at radius 3 is 2.70 bits per heavy atom. The number of rotatable bonds is 11. The van der Waals surface area contributed by atoms with Crippen LogP contribution in [-0.4, -0.2) is 70.8 Å². The van der Waals surface area contributed by atoms with Crippen LogP contribution < -0.4 is 20.3 Å². The van der Waals surface area contributed by atoms with Crippen molar-refractivity contribution < 1.29 is 19.1 Å². The first-order chi connectivity index (χ1) is 20.5. The number of fused-ring (bicyclic) bond motifs is 1. The van der Waals surface area contributed by atoms with Crippen molar-refractivity contribution in [3.8, 4) is 5.75 Å². The average molecular weight is 609 g/mol. The predicted octanol–water partition coefficient (Wildman–Crippen LogP) is 4.17. The monoisotopic (exact) mass is 608 g/mol. The minimum absolute atomic E-state index is 0. The molecule has 1 aromatic carbocycles. The summed E-state index contributed by atoms with van der Waals surface area (Å²) in [6.07, 6.45) is 8.70. The van der Waals surface area contributed by atoms with Crippen molar-refractivity contribution in [1.29, 1.82) is 0 Å². The summed E-state index contributed by atoms with van der Waals surface area (Å²) in [4.78, 5) is 26.7. The molecule has 1 saturated carbocycles. The molecule has 0 bridgehead atoms. The lowest BCUT2D eigenvalue weighted by molar-refractivity contribution is 0.0841. The minimum atomic E-state index is -0.667. The van der Waals surface area contributed by atoms with Gasteiger partial charge in [-0.1, -0.05) is 6.07 Å². The highest BCUT2D eigenvalue weighted by Gasteiger charge is 2.23. The third-order valence-electron chi connectivity index (χ3n) is 8.66. The van der Waals surface area contributed by atoms with Crippen molar-refractivity contribution in [2.24, 2.45) is 0 Å². The van der Waals surface area contributed by atoms with Gasteiger partial charge in [0.15, 0.2) is 12.2 Å². The smallest absolute Gasteiger partial charge is 0.251 e. The summed E-state index contributed by atoms with van der Waals surface area (Å²) < 4.78 is 11.3. The molecule has 1 atom stereocenters. The molecular weight excluding hydrogens is 564 g/mol. The van der Waals surface area contributed by atoms with Gasteiger partial charge in [0.2, 0.25) is 0 Å². The summed E-state index contributed by atoms with van der Waals surface area (Å²) in [6.45, 7) is 6.47. The summed E-state index contributed by atoms with van der Waals surface area (Å²) in [5.74, 6) is 2.99. The zero-order valence-electron chi connectivity index (χ0n) is 25.0. The molecule has 6 rings (SSSR count). The van der Waals surface area contributed by atoms with Crippen LogP contribution in [0.2, 0.25) is 0 Å². The number of aromatic nitrogens is 2. The topological polar surface area (TPSA) is 116 Å². The maximum Gasteiger partial charge on any atom is 0.251 e. The number of hydrogen-bond acceptors (Lipinski definition) is 9. The summed E-state index contributed by atoms with van der Waals surface area (Å²) in [5, 5.41) is 17.3. The number of aryl methyl sites for hydroxylation is 1. The highest BCUT2D eigenvalue weighted by Crippen LogP contribution is 2.27. The van der Waals surface area contributed by atoms with Gasteiger partial charge in [0.25, 0.3) is 5.91 Å². The molecule has 11 heteroatoms. The molecule has 1 amide bonds. The highest BCUT2D eigenvalue weighted by molar-refractivity contribution is 7.59. The van der Waals surface area contributed by atoms with Gasteiger partial charge in [0.05, 0.1) is 11.8 Å². The molecular formula is C32H44N6O4S. The van der Waals surface area contributed by atoms with Gasteiger partial charge in [-0.3, -0.25) is 9.69 Å². The van der Waals surface area contributed by atoms with E-state index in [4.69, 9.17) is 14.1 Å². The Bertz CT molecular complexity index is 1370. The fourth-order valence-corrected chi connectivity index (χ4v) is 5.89. The second-order valence-corrected chi connectivity index (χ2v) is 11.8. The van der Waals surface area contributed by atoms with Gasteiger partial charge in [-0.05, 0) is 87.3 Å². The zero-order chi connectivity index (χ0) is 28.9. The van der Waals surface area contributed by atoms with Crippen LogP contribution in [-0.2, 0) is 19.6 Å². The van der Waals surface area contributed by atoms with Crippen molar-refractivity contribution in [1.82, 2.24) is 20.2 Å². The first-order valence-corrected chi connectivity index (χ1v) is 15.4. The van der Waals surface area contributed by atoms with E-state index in [2.05, 4.69) is 37.6 Å². The van der Waals surface area contributed by atoms with Gasteiger partial charge >= 0.3 is 0 Å². The number of ether oxygens (including phenoxy) is 1. The number of aliphatic hydroxyl groups is 1. The molecule has 0 unspecified atom stereocenters. The first kappa shape index (κ1) is 31.2. The van der Waals surface area contributed by atoms with Crippen LogP contribution in [0.25, 0.3) is 0 Å². The molecule has 1 saturated heterocycles. The fourth-order valence-electron chi connectivity index (χ4n) is 5.89. The van der Waals surface area contributed by atoms with Crippen molar-refractivity contribution >= 4 is 31.0 Å². The summed E-state index contributed by atoms with van der Waals surface area (Å²) in [5.41, 5.74) is 3.92. The number of nitrogens with zero attached hydrogens (tertiary/aromatic N) is 4. The van der Waals surface area contributed by atoms with Crippen molar-refractivity contribution in [2.75, 3.05) is 42.9 Å². The summed E-state index contributed by atoms with van der Waals surface area (Å²) in [6, 6.07) is 10.3. The summed E-state index contributed by atoms with van der Waals surface area (Å²) >= 11 is 0. The largest absolute Gasteiger partial charge is 0.486 e. The van der Waals surface area contributed by atoms with E-state index in [0.29, 0.717) is 24.8 Å². The van der Waals surface area contributed by atoms with E-state index in [1.165, 1.54) is 30.4 Å². The van der Waals surface area contributed by atoms with Gasteiger partial charge in [0.1, 0.15) is 24.0 Å². The van der Waals surface area contributed by atoms with Crippen LogP contribution in [0.4, 0.5) is 11.6 Å². The number of piperidine rings is 1. The third kappa shape index (κ3) is 8.01. The highest BCUT2D eigenvalue weighted by atomic mass is 32.1. The average Bonchev–Trinajstić information content (AvgIpc) is 3.41. The van der Waals surface area contributed by atoms with Crippen molar-refractivity contribution in [3.63, 3.8) is 0 Å². The van der Waals surface area contributed by atoms with Crippen LogP contribution in [0.1, 0.15) is 71.5 Å². The van der Waals surface area contributed by atoms with E-state index in [1.807, 2.05) is 25.1 Å². The molecule has 10 nitrogen and oxygen atoms in total. The van der Waals surface area contributed by atoms with E-state index in [0.717, 1.165) is 87.1 Å². The molecule has 232 valence electrons. The van der Waals surface area contributed by atoms with E-state index < -0.39 is 6.10 Å². The first-order valence-electron chi connectivity index (χ1n) is 15.4. The van der Waals surface area contributed by atoms with Crippen LogP contribution in [0.15, 0.2) is 41.1 Å². The number of amides is 1. The van der Waals surface area contributed by atoms with Gasteiger partial charge < -0.3 is 29.8 Å². The van der Waals surface area contributed by atoms with Gasteiger partial charge in [0, 0.05) is 50.9 Å². The summed E-state index contributed by atoms with van der Waals surface area (Å²) in [7, 11) is 0. The normalized spacial score (nSPS) is 17.8. The van der Waals surface area contributed by atoms with Crippen LogP contribution >= 0.6 is 13.5 Å². The van der Waals surface area contributed by atoms with E-state index >= 15 is 0 Å². The molecule has 43 heavy (non-hydrogen) atoms. The van der Waals surface area contributed by atoms with Crippen molar-refractivity contribution in [2.45, 2.75) is 77.2 Å². The molecule has 0 radical (unpaired) electrons. The van der Waals surface area contributed by atoms with E-state index in [9.17, 15) is 9.90 Å². The third-order valence-corrected chi connectivity index (χ3v) is 8.66. The number of β-amino-alcohol motifs (C(OH)–C–C–N with tert-alkyl or cyclic N) is 1. The Morgan fingerprint density at radius 2 is 1.95 bits per heavy atom. The molecule has 3 aromatic rings. The van der Waals surface area contributed by atoms with Gasteiger partial charge in [-0.15, -0.1) is 0 Å². The standard InChI is InChI=1S/C32H42N6O4.H2S/c1-22-29(42-21-34-22)20-41-28-9-8-24-18-37(13-10-23(24)14-28)19-27(39)17-33-32(40)25-15-30(35-26-6-5-7-26)36-31(16-25)38-11-3-2-4-12-38;/h8-9,14-16,21,26-27,39H,2-7,10-13,17-20H2,1H3,(H,33,40)(H,35,36);1H2/t27-;/m0./s1. The Morgan fingerprint density at radius 1 is 1.12 bits per heavy atom. The quantitative estimate of drug-likeness (QED) is 0.295. The lowest BCUT2D eigenvalue weighted by atomic mass is 9.93. The molecule has 3 N–H and O–H groups in total. The molecule has 3 aliphatic rings. The number of pyridine rings is 1. The Balaban J connectivity index is 0.00000368. The molecule has 0 spiro atoms. The van der Waals surface area contributed by atoms with E-state index in [1.54, 1.807) is 0 Å².